The molecule has 0 aliphatic carbocycles. The van der Waals surface area contributed by atoms with Crippen molar-refractivity contribution in [2.24, 2.45) is 0 Å². The number of likely N-dealkylation sites (tertiary alicyclic amines) is 1. The van der Waals surface area contributed by atoms with Crippen LogP contribution in [0.4, 0.5) is 0 Å². The van der Waals surface area contributed by atoms with Gasteiger partial charge in [0.2, 0.25) is 0 Å². The Bertz CT molecular complexity index is 940. The van der Waals surface area contributed by atoms with Crippen molar-refractivity contribution in [3.8, 4) is 0 Å². The molecule has 2 fully saturated rings. The van der Waals surface area contributed by atoms with E-state index in [4.69, 9.17) is 16.3 Å². The third-order valence-electron chi connectivity index (χ3n) is 6.47. The summed E-state index contributed by atoms with van der Waals surface area (Å²) in [5.41, 5.74) is 2.38. The number of morpholine rings is 1. The Balaban J connectivity index is 1.36. The second-order valence-electron chi connectivity index (χ2n) is 9.12. The topological polar surface area (TPSA) is 65.9 Å². The molecule has 32 heavy (non-hydrogen) atoms. The number of piperidine rings is 1. The Morgan fingerprint density at radius 1 is 1.28 bits per heavy atom. The van der Waals surface area contributed by atoms with Crippen LogP contribution in [0.2, 0.25) is 5.02 Å². The first-order chi connectivity index (χ1) is 15.4. The van der Waals surface area contributed by atoms with Gasteiger partial charge >= 0.3 is 0 Å². The first-order valence-corrected chi connectivity index (χ1v) is 12.6. The molecule has 0 radical (unpaired) electrons. The van der Waals surface area contributed by atoms with Gasteiger partial charge in [-0.15, -0.1) is 11.3 Å². The third kappa shape index (κ3) is 5.18. The lowest BCUT2D eigenvalue weighted by atomic mass is 9.89. The maximum Gasteiger partial charge on any atom is 0.273 e. The van der Waals surface area contributed by atoms with Crippen LogP contribution in [-0.2, 0) is 17.7 Å². The SMILES string of the molecule is CC(C)c1nc(C(=O)N2CCOC3(CCN(Cc4cccc(CCO)c4Cl)CC3)C2)cs1. The molecule has 0 saturated carbocycles. The standard InChI is InChI=1S/C24H32ClN3O3S/c1-17(2)22-26-20(15-32-22)23(30)28-11-13-31-24(16-28)7-9-27(10-8-24)14-19-5-3-4-18(6-12-29)21(19)25/h3-5,15,17,29H,6-14,16H2,1-2H3. The molecule has 1 spiro atoms. The highest BCUT2D eigenvalue weighted by atomic mass is 35.5. The van der Waals surface area contributed by atoms with Crippen LogP contribution < -0.4 is 0 Å². The van der Waals surface area contributed by atoms with E-state index in [2.05, 4.69) is 29.8 Å². The molecular weight excluding hydrogens is 446 g/mol. The molecule has 8 heteroatoms. The Hall–Kier alpha value is -1.51. The number of hydrogen-bond donors (Lipinski definition) is 1. The van der Waals surface area contributed by atoms with Gasteiger partial charge in [0.15, 0.2) is 0 Å². The summed E-state index contributed by atoms with van der Waals surface area (Å²) in [5.74, 6) is 0.352. The number of aliphatic hydroxyl groups excluding tert-OH is 1. The summed E-state index contributed by atoms with van der Waals surface area (Å²) < 4.78 is 6.25. The summed E-state index contributed by atoms with van der Waals surface area (Å²) in [6.07, 6.45) is 2.35. The van der Waals surface area contributed by atoms with Crippen molar-refractivity contribution >= 4 is 28.8 Å². The van der Waals surface area contributed by atoms with Crippen LogP contribution in [-0.4, -0.2) is 70.8 Å². The number of benzene rings is 1. The van der Waals surface area contributed by atoms with E-state index in [9.17, 15) is 9.90 Å². The highest BCUT2D eigenvalue weighted by Crippen LogP contribution is 2.32. The zero-order chi connectivity index (χ0) is 22.7. The van der Waals surface area contributed by atoms with E-state index in [0.29, 0.717) is 37.7 Å². The van der Waals surface area contributed by atoms with Crippen LogP contribution >= 0.6 is 22.9 Å². The lowest BCUT2D eigenvalue weighted by Crippen LogP contribution is -2.58. The van der Waals surface area contributed by atoms with E-state index in [1.807, 2.05) is 22.4 Å². The van der Waals surface area contributed by atoms with Crippen LogP contribution in [0.1, 0.15) is 59.2 Å². The van der Waals surface area contributed by atoms with Crippen LogP contribution in [0.25, 0.3) is 0 Å². The number of carbonyl (C=O) groups excluding carboxylic acids is 1. The van der Waals surface area contributed by atoms with Gasteiger partial charge in [-0.1, -0.05) is 43.6 Å². The van der Waals surface area contributed by atoms with E-state index in [1.165, 1.54) is 0 Å². The number of halogens is 1. The maximum absolute atomic E-state index is 13.1. The second-order valence-corrected chi connectivity index (χ2v) is 10.4. The highest BCUT2D eigenvalue weighted by Gasteiger charge is 2.41. The Labute approximate surface area is 199 Å². The summed E-state index contributed by atoms with van der Waals surface area (Å²) in [4.78, 5) is 21.9. The highest BCUT2D eigenvalue weighted by molar-refractivity contribution is 7.09. The maximum atomic E-state index is 13.1. The van der Waals surface area contributed by atoms with Gasteiger partial charge in [0.1, 0.15) is 5.69 Å². The number of aromatic nitrogens is 1. The van der Waals surface area contributed by atoms with Crippen molar-refractivity contribution in [2.75, 3.05) is 39.4 Å². The van der Waals surface area contributed by atoms with Crippen molar-refractivity contribution in [2.45, 2.75) is 51.2 Å². The van der Waals surface area contributed by atoms with Crippen molar-refractivity contribution in [1.29, 1.82) is 0 Å². The number of carbonyl (C=O) groups is 1. The van der Waals surface area contributed by atoms with E-state index >= 15 is 0 Å². The summed E-state index contributed by atoms with van der Waals surface area (Å²) >= 11 is 8.13. The molecule has 1 N–H and O–H groups in total. The normalized spacial score (nSPS) is 19.1. The lowest BCUT2D eigenvalue weighted by Gasteiger charge is -2.47. The van der Waals surface area contributed by atoms with E-state index in [1.54, 1.807) is 11.3 Å². The monoisotopic (exact) mass is 477 g/mol. The number of thiazole rings is 1. The average Bonchev–Trinajstić information content (AvgIpc) is 3.29. The summed E-state index contributed by atoms with van der Waals surface area (Å²) in [6.45, 7) is 8.69. The molecule has 4 rings (SSSR count). The number of nitrogens with zero attached hydrogens (tertiary/aromatic N) is 3. The first-order valence-electron chi connectivity index (χ1n) is 11.4. The quantitative estimate of drug-likeness (QED) is 0.682. The van der Waals surface area contributed by atoms with Gasteiger partial charge < -0.3 is 14.7 Å². The summed E-state index contributed by atoms with van der Waals surface area (Å²) in [5, 5.41) is 12.9. The number of rotatable bonds is 6. The van der Waals surface area contributed by atoms with Crippen molar-refractivity contribution in [3.05, 3.63) is 50.4 Å². The molecule has 1 amide bonds. The van der Waals surface area contributed by atoms with Gasteiger partial charge in [0.25, 0.3) is 5.91 Å². The molecule has 0 unspecified atom stereocenters. The van der Waals surface area contributed by atoms with Gasteiger partial charge in [-0.25, -0.2) is 4.98 Å². The van der Waals surface area contributed by atoms with Crippen molar-refractivity contribution < 1.29 is 14.6 Å². The lowest BCUT2D eigenvalue weighted by molar-refractivity contribution is -0.128. The predicted molar refractivity (Wildman–Crippen MR) is 128 cm³/mol. The molecule has 3 heterocycles. The molecule has 2 aliphatic heterocycles. The Morgan fingerprint density at radius 3 is 2.72 bits per heavy atom. The molecular formula is C24H32ClN3O3S. The molecule has 2 saturated heterocycles. The average molecular weight is 478 g/mol. The van der Waals surface area contributed by atoms with Gasteiger partial charge in [-0.05, 0) is 30.4 Å². The van der Waals surface area contributed by atoms with Crippen LogP contribution in [0, 0.1) is 0 Å². The fraction of sp³-hybridized carbons (Fsp3) is 0.583. The number of amides is 1. The Morgan fingerprint density at radius 2 is 2.03 bits per heavy atom. The third-order valence-corrected chi connectivity index (χ3v) is 8.10. The number of aliphatic hydroxyl groups is 1. The fourth-order valence-electron chi connectivity index (χ4n) is 4.56. The van der Waals surface area contributed by atoms with Crippen molar-refractivity contribution in [1.82, 2.24) is 14.8 Å². The molecule has 0 bridgehead atoms. The molecule has 6 nitrogen and oxygen atoms in total. The van der Waals surface area contributed by atoms with Crippen molar-refractivity contribution in [3.63, 3.8) is 0 Å². The number of ether oxygens (including phenoxy) is 1. The minimum Gasteiger partial charge on any atom is -0.396 e. The molecule has 174 valence electrons. The minimum absolute atomic E-state index is 0.0192. The Kier molecular flexibility index (Phi) is 7.52. The first kappa shape index (κ1) is 23.6. The van der Waals surface area contributed by atoms with Gasteiger partial charge in [-0.3, -0.25) is 9.69 Å². The zero-order valence-corrected chi connectivity index (χ0v) is 20.4. The molecule has 1 aromatic heterocycles. The summed E-state index contributed by atoms with van der Waals surface area (Å²) in [7, 11) is 0. The largest absolute Gasteiger partial charge is 0.396 e. The number of hydrogen-bond acceptors (Lipinski definition) is 6. The second kappa shape index (κ2) is 10.2. The van der Waals surface area contributed by atoms with Gasteiger partial charge in [0, 0.05) is 49.1 Å². The summed E-state index contributed by atoms with van der Waals surface area (Å²) in [6, 6.07) is 6.04. The van der Waals surface area contributed by atoms with Crippen LogP contribution in [0.3, 0.4) is 0 Å². The van der Waals surface area contributed by atoms with E-state index in [0.717, 1.165) is 53.6 Å². The fourth-order valence-corrected chi connectivity index (χ4v) is 5.65. The van der Waals surface area contributed by atoms with E-state index in [-0.39, 0.29) is 18.1 Å². The van der Waals surface area contributed by atoms with Crippen LogP contribution in [0.5, 0.6) is 0 Å². The van der Waals surface area contributed by atoms with Crippen LogP contribution in [0.15, 0.2) is 23.6 Å². The molecule has 2 aliphatic rings. The van der Waals surface area contributed by atoms with E-state index < -0.39 is 0 Å². The predicted octanol–water partition coefficient (Wildman–Crippen LogP) is 3.96. The molecule has 0 atom stereocenters. The zero-order valence-electron chi connectivity index (χ0n) is 18.8. The minimum atomic E-state index is -0.274. The molecule has 2 aromatic rings. The smallest absolute Gasteiger partial charge is 0.273 e. The van der Waals surface area contributed by atoms with Gasteiger partial charge in [0.05, 0.1) is 23.8 Å². The van der Waals surface area contributed by atoms with Gasteiger partial charge in [-0.2, -0.15) is 0 Å². The molecule has 1 aromatic carbocycles.